The van der Waals surface area contributed by atoms with Crippen LogP contribution < -0.4 is 10.6 Å². The number of rotatable bonds is 8. The molecule has 1 atom stereocenters. The summed E-state index contributed by atoms with van der Waals surface area (Å²) in [6.07, 6.45) is 2.75. The van der Waals surface area contributed by atoms with Gasteiger partial charge in [0.15, 0.2) is 5.96 Å². The van der Waals surface area contributed by atoms with E-state index < -0.39 is 9.84 Å². The van der Waals surface area contributed by atoms with Crippen LogP contribution in [0.25, 0.3) is 0 Å². The first kappa shape index (κ1) is 18.9. The lowest BCUT2D eigenvalue weighted by atomic mass is 10.3. The summed E-state index contributed by atoms with van der Waals surface area (Å²) >= 11 is 1.65. The average molecular weight is 347 g/mol. The average Bonchev–Trinajstić information content (AvgIpc) is 2.90. The van der Waals surface area contributed by atoms with Gasteiger partial charge in [-0.25, -0.2) is 18.4 Å². The molecule has 1 rings (SSSR count). The summed E-state index contributed by atoms with van der Waals surface area (Å²) in [4.78, 5) is 8.99. The maximum atomic E-state index is 11.2. The lowest BCUT2D eigenvalue weighted by Gasteiger charge is -2.17. The molecule has 0 aliphatic heterocycles. The number of nitrogens with zero attached hydrogens (tertiary/aromatic N) is 2. The van der Waals surface area contributed by atoms with Crippen molar-refractivity contribution in [2.45, 2.75) is 46.2 Å². The molecule has 1 heterocycles. The highest BCUT2D eigenvalue weighted by molar-refractivity contribution is 7.90. The Balaban J connectivity index is 2.57. The van der Waals surface area contributed by atoms with Crippen molar-refractivity contribution in [3.05, 3.63) is 16.1 Å². The third-order valence-corrected chi connectivity index (χ3v) is 4.97. The lowest BCUT2D eigenvalue weighted by Crippen LogP contribution is -2.42. The van der Waals surface area contributed by atoms with Gasteiger partial charge in [-0.05, 0) is 26.7 Å². The maximum absolute atomic E-state index is 11.2. The number of aromatic nitrogens is 1. The van der Waals surface area contributed by atoms with Gasteiger partial charge in [0, 0.05) is 24.2 Å². The highest BCUT2D eigenvalue weighted by Crippen LogP contribution is 2.10. The highest BCUT2D eigenvalue weighted by atomic mass is 32.2. The molecule has 0 radical (unpaired) electrons. The van der Waals surface area contributed by atoms with Crippen LogP contribution in [0.2, 0.25) is 0 Å². The second-order valence-electron chi connectivity index (χ2n) is 5.25. The molecule has 6 nitrogen and oxygen atoms in total. The predicted molar refractivity (Wildman–Crippen MR) is 93.2 cm³/mol. The number of hydrogen-bond donors (Lipinski definition) is 2. The van der Waals surface area contributed by atoms with Crippen LogP contribution >= 0.6 is 11.3 Å². The van der Waals surface area contributed by atoms with E-state index >= 15 is 0 Å². The number of hydrogen-bond acceptors (Lipinski definition) is 5. The van der Waals surface area contributed by atoms with Gasteiger partial charge in [0.1, 0.15) is 9.84 Å². The minimum atomic E-state index is -2.93. The molecule has 22 heavy (non-hydrogen) atoms. The number of guanidine groups is 1. The van der Waals surface area contributed by atoms with Crippen LogP contribution in [0, 0.1) is 0 Å². The maximum Gasteiger partial charge on any atom is 0.191 e. The molecule has 0 saturated carbocycles. The van der Waals surface area contributed by atoms with Crippen molar-refractivity contribution in [1.29, 1.82) is 0 Å². The topological polar surface area (TPSA) is 83.4 Å². The number of thiazole rings is 1. The summed E-state index contributed by atoms with van der Waals surface area (Å²) in [5, 5.41) is 9.54. The number of aryl methyl sites for hydroxylation is 1. The van der Waals surface area contributed by atoms with Gasteiger partial charge in [-0.3, -0.25) is 0 Å². The SMILES string of the molecule is CCNC(=NCc1csc(CC)n1)NC(C)CCS(C)(=O)=O. The highest BCUT2D eigenvalue weighted by Gasteiger charge is 2.09. The van der Waals surface area contributed by atoms with E-state index in [-0.39, 0.29) is 11.8 Å². The zero-order valence-electron chi connectivity index (χ0n) is 13.7. The van der Waals surface area contributed by atoms with Crippen molar-refractivity contribution in [1.82, 2.24) is 15.6 Å². The summed E-state index contributed by atoms with van der Waals surface area (Å²) in [7, 11) is -2.93. The van der Waals surface area contributed by atoms with Gasteiger partial charge in [0.05, 0.1) is 23.0 Å². The van der Waals surface area contributed by atoms with Crippen LogP contribution in [0.1, 0.15) is 37.9 Å². The van der Waals surface area contributed by atoms with Gasteiger partial charge in [0.25, 0.3) is 0 Å². The van der Waals surface area contributed by atoms with Crippen LogP contribution in [-0.2, 0) is 22.8 Å². The Labute approximate surface area is 137 Å². The number of sulfone groups is 1. The predicted octanol–water partition coefficient (Wildman–Crippen LogP) is 1.58. The lowest BCUT2D eigenvalue weighted by molar-refractivity contribution is 0.581. The molecule has 0 spiro atoms. The molecule has 0 bridgehead atoms. The largest absolute Gasteiger partial charge is 0.357 e. The summed E-state index contributed by atoms with van der Waals surface area (Å²) in [6, 6.07) is 0.0363. The summed E-state index contributed by atoms with van der Waals surface area (Å²) in [5.74, 6) is 0.863. The zero-order chi connectivity index (χ0) is 16.6. The first-order valence-electron chi connectivity index (χ1n) is 7.49. The van der Waals surface area contributed by atoms with Crippen LogP contribution in [0.5, 0.6) is 0 Å². The Bertz CT molecular complexity index is 581. The van der Waals surface area contributed by atoms with Crippen molar-refractivity contribution in [3.63, 3.8) is 0 Å². The molecule has 0 amide bonds. The van der Waals surface area contributed by atoms with E-state index in [2.05, 4.69) is 27.5 Å². The van der Waals surface area contributed by atoms with E-state index in [1.54, 1.807) is 11.3 Å². The van der Waals surface area contributed by atoms with Gasteiger partial charge in [0.2, 0.25) is 0 Å². The number of aliphatic imine (C=N–C) groups is 1. The van der Waals surface area contributed by atoms with Gasteiger partial charge in [-0.2, -0.15) is 0 Å². The smallest absolute Gasteiger partial charge is 0.191 e. The molecule has 2 N–H and O–H groups in total. The molecular weight excluding hydrogens is 320 g/mol. The summed E-state index contributed by atoms with van der Waals surface area (Å²) in [5.41, 5.74) is 0.961. The Morgan fingerprint density at radius 1 is 1.45 bits per heavy atom. The molecule has 126 valence electrons. The Hall–Kier alpha value is -1.15. The van der Waals surface area contributed by atoms with Crippen LogP contribution in [0.3, 0.4) is 0 Å². The Morgan fingerprint density at radius 2 is 2.18 bits per heavy atom. The van der Waals surface area contributed by atoms with Crippen LogP contribution in [0.15, 0.2) is 10.4 Å². The Kier molecular flexibility index (Phi) is 7.81. The molecule has 8 heteroatoms. The van der Waals surface area contributed by atoms with Crippen molar-refractivity contribution in [2.75, 3.05) is 18.6 Å². The fourth-order valence-electron chi connectivity index (χ4n) is 1.76. The second kappa shape index (κ2) is 9.09. The normalized spacial score (nSPS) is 13.9. The molecule has 0 saturated heterocycles. The first-order chi connectivity index (χ1) is 10.3. The minimum Gasteiger partial charge on any atom is -0.357 e. The van der Waals surface area contributed by atoms with Gasteiger partial charge in [-0.1, -0.05) is 6.92 Å². The van der Waals surface area contributed by atoms with Crippen LogP contribution in [-0.4, -0.2) is 44.0 Å². The third-order valence-electron chi connectivity index (χ3n) is 2.95. The standard InChI is InChI=1S/C14H26N4O2S2/c1-5-13-18-12(10-21-13)9-16-14(15-6-2)17-11(3)7-8-22(4,19)20/h10-11H,5-9H2,1-4H3,(H2,15,16,17). The molecule has 0 aromatic carbocycles. The van der Waals surface area contributed by atoms with E-state index in [9.17, 15) is 8.42 Å². The summed E-state index contributed by atoms with van der Waals surface area (Å²) in [6.45, 7) is 7.31. The molecule has 0 aliphatic carbocycles. The Morgan fingerprint density at radius 3 is 2.73 bits per heavy atom. The fraction of sp³-hybridized carbons (Fsp3) is 0.714. The van der Waals surface area contributed by atoms with Crippen LogP contribution in [0.4, 0.5) is 0 Å². The van der Waals surface area contributed by atoms with E-state index in [4.69, 9.17) is 0 Å². The number of nitrogens with one attached hydrogen (secondary N) is 2. The monoisotopic (exact) mass is 346 g/mol. The van der Waals surface area contributed by atoms with Gasteiger partial charge >= 0.3 is 0 Å². The van der Waals surface area contributed by atoms with Gasteiger partial charge < -0.3 is 10.6 Å². The molecule has 1 unspecified atom stereocenters. The van der Waals surface area contributed by atoms with E-state index in [0.717, 1.165) is 23.7 Å². The molecule has 1 aromatic heterocycles. The van der Waals surface area contributed by atoms with Crippen molar-refractivity contribution >= 4 is 27.1 Å². The summed E-state index contributed by atoms with van der Waals surface area (Å²) < 4.78 is 22.4. The van der Waals surface area contributed by atoms with Crippen molar-refractivity contribution < 1.29 is 8.42 Å². The van der Waals surface area contributed by atoms with E-state index in [0.29, 0.717) is 18.9 Å². The second-order valence-corrected chi connectivity index (χ2v) is 8.45. The minimum absolute atomic E-state index is 0.0363. The fourth-order valence-corrected chi connectivity index (χ4v) is 3.28. The van der Waals surface area contributed by atoms with Crippen molar-refractivity contribution in [2.24, 2.45) is 4.99 Å². The van der Waals surface area contributed by atoms with E-state index in [1.807, 2.05) is 19.2 Å². The quantitative estimate of drug-likeness (QED) is 0.552. The molecule has 0 fully saturated rings. The van der Waals surface area contributed by atoms with Crippen molar-refractivity contribution in [3.8, 4) is 0 Å². The molecule has 1 aromatic rings. The molecular formula is C14H26N4O2S2. The van der Waals surface area contributed by atoms with E-state index in [1.165, 1.54) is 6.26 Å². The van der Waals surface area contributed by atoms with Gasteiger partial charge in [-0.15, -0.1) is 11.3 Å². The molecule has 0 aliphatic rings. The third kappa shape index (κ3) is 7.74. The first-order valence-corrected chi connectivity index (χ1v) is 10.4. The zero-order valence-corrected chi connectivity index (χ0v) is 15.4.